The van der Waals surface area contributed by atoms with Gasteiger partial charge in [0.05, 0.1) is 5.56 Å². The largest absolute Gasteiger partial charge is 0.478 e. The van der Waals surface area contributed by atoms with Crippen molar-refractivity contribution in [3.63, 3.8) is 0 Å². The Labute approximate surface area is 111 Å². The number of carboxylic acid groups (broad SMARTS) is 1. The van der Waals surface area contributed by atoms with E-state index in [0.717, 1.165) is 5.56 Å². The highest BCUT2D eigenvalue weighted by Gasteiger charge is 2.09. The Balaban J connectivity index is 2.79. The molecule has 0 atom stereocenters. The average Bonchev–Trinajstić information content (AvgIpc) is 2.27. The Kier molecular flexibility index (Phi) is 5.01. The van der Waals surface area contributed by atoms with Gasteiger partial charge in [-0.1, -0.05) is 6.07 Å². The van der Waals surface area contributed by atoms with Crippen molar-refractivity contribution in [3.05, 3.63) is 32.9 Å². The average molecular weight is 354 g/mol. The van der Waals surface area contributed by atoms with Gasteiger partial charge in [0.2, 0.25) is 5.91 Å². The molecule has 0 saturated carbocycles. The van der Waals surface area contributed by atoms with Crippen LogP contribution in [0.25, 0.3) is 0 Å². The van der Waals surface area contributed by atoms with Crippen LogP contribution in [0, 0.1) is 3.57 Å². The number of nitrogens with one attached hydrogen (secondary N) is 1. The van der Waals surface area contributed by atoms with Gasteiger partial charge >= 0.3 is 5.97 Å². The van der Waals surface area contributed by atoms with Gasteiger partial charge in [-0.3, -0.25) is 4.79 Å². The first-order chi connectivity index (χ1) is 7.54. The normalized spacial score (nSPS) is 9.88. The first-order valence-electron chi connectivity index (χ1n) is 4.39. The molecular weight excluding hydrogens is 344 g/mol. The minimum atomic E-state index is -0.977. The Bertz CT molecular complexity index is 423. The van der Waals surface area contributed by atoms with E-state index in [1.54, 1.807) is 18.2 Å². The molecule has 2 N–H and O–H groups in total. The zero-order valence-corrected chi connectivity index (χ0v) is 11.1. The van der Waals surface area contributed by atoms with Crippen LogP contribution in [-0.4, -0.2) is 22.9 Å². The highest BCUT2D eigenvalue weighted by atomic mass is 127. The van der Waals surface area contributed by atoms with Gasteiger partial charge in [0.1, 0.15) is 5.88 Å². The van der Waals surface area contributed by atoms with Gasteiger partial charge in [0, 0.05) is 10.1 Å². The van der Waals surface area contributed by atoms with Gasteiger partial charge in [-0.05, 0) is 40.3 Å². The number of rotatable bonds is 4. The van der Waals surface area contributed by atoms with Crippen molar-refractivity contribution in [2.24, 2.45) is 0 Å². The summed E-state index contributed by atoms with van der Waals surface area (Å²) in [6.07, 6.45) is 0. The SMILES string of the molecule is O=C(CCl)NCc1ccc(I)c(C(=O)O)c1. The number of benzene rings is 1. The van der Waals surface area contributed by atoms with Gasteiger partial charge in [0.15, 0.2) is 0 Å². The maximum Gasteiger partial charge on any atom is 0.336 e. The van der Waals surface area contributed by atoms with Crippen molar-refractivity contribution in [2.75, 3.05) is 5.88 Å². The molecule has 0 heterocycles. The lowest BCUT2D eigenvalue weighted by Crippen LogP contribution is -2.23. The van der Waals surface area contributed by atoms with Crippen LogP contribution < -0.4 is 5.32 Å². The second kappa shape index (κ2) is 6.05. The summed E-state index contributed by atoms with van der Waals surface area (Å²) in [5.41, 5.74) is 0.967. The number of aromatic carboxylic acids is 1. The molecule has 86 valence electrons. The van der Waals surface area contributed by atoms with Gasteiger partial charge in [-0.15, -0.1) is 11.6 Å². The van der Waals surface area contributed by atoms with E-state index >= 15 is 0 Å². The molecule has 0 fully saturated rings. The minimum absolute atomic E-state index is 0.101. The lowest BCUT2D eigenvalue weighted by molar-refractivity contribution is -0.118. The summed E-state index contributed by atoms with van der Waals surface area (Å²) in [6.45, 7) is 0.281. The Morgan fingerprint density at radius 2 is 2.12 bits per heavy atom. The molecule has 0 aromatic heterocycles. The van der Waals surface area contributed by atoms with E-state index in [4.69, 9.17) is 16.7 Å². The quantitative estimate of drug-likeness (QED) is 0.641. The number of carbonyl (C=O) groups excluding carboxylic acids is 1. The third-order valence-electron chi connectivity index (χ3n) is 1.87. The summed E-state index contributed by atoms with van der Waals surface area (Å²) in [7, 11) is 0. The molecule has 4 nitrogen and oxygen atoms in total. The van der Waals surface area contributed by atoms with Crippen molar-refractivity contribution >= 4 is 46.1 Å². The third-order valence-corrected chi connectivity index (χ3v) is 3.06. The topological polar surface area (TPSA) is 66.4 Å². The highest BCUT2D eigenvalue weighted by Crippen LogP contribution is 2.14. The van der Waals surface area contributed by atoms with Crippen molar-refractivity contribution < 1.29 is 14.7 Å². The number of hydrogen-bond acceptors (Lipinski definition) is 2. The number of amides is 1. The van der Waals surface area contributed by atoms with E-state index < -0.39 is 5.97 Å². The van der Waals surface area contributed by atoms with Crippen molar-refractivity contribution in [3.8, 4) is 0 Å². The summed E-state index contributed by atoms with van der Waals surface area (Å²) >= 11 is 7.27. The molecule has 0 spiro atoms. The fourth-order valence-electron chi connectivity index (χ4n) is 1.09. The fourth-order valence-corrected chi connectivity index (χ4v) is 1.75. The predicted octanol–water partition coefficient (Wildman–Crippen LogP) is 1.84. The lowest BCUT2D eigenvalue weighted by Gasteiger charge is -2.05. The molecular formula is C10H9ClINO3. The maximum atomic E-state index is 10.9. The number of carboxylic acids is 1. The Hall–Kier alpha value is -0.820. The molecule has 6 heteroatoms. The molecule has 1 amide bonds. The standard InChI is InChI=1S/C10H9ClINO3/c11-4-9(14)13-5-6-1-2-8(12)7(3-6)10(15)16/h1-3H,4-5H2,(H,13,14)(H,15,16). The van der Waals surface area contributed by atoms with Gasteiger partial charge in [-0.25, -0.2) is 4.79 Å². The van der Waals surface area contributed by atoms with Crippen LogP contribution in [0.15, 0.2) is 18.2 Å². The van der Waals surface area contributed by atoms with Gasteiger partial charge in [-0.2, -0.15) is 0 Å². The zero-order chi connectivity index (χ0) is 12.1. The smallest absolute Gasteiger partial charge is 0.336 e. The maximum absolute atomic E-state index is 10.9. The summed E-state index contributed by atoms with van der Waals surface area (Å²) in [5, 5.41) is 11.5. The van der Waals surface area contributed by atoms with Gasteiger partial charge < -0.3 is 10.4 Å². The number of halogens is 2. The van der Waals surface area contributed by atoms with E-state index in [2.05, 4.69) is 5.32 Å². The van der Waals surface area contributed by atoms with Crippen molar-refractivity contribution in [1.29, 1.82) is 0 Å². The summed E-state index contributed by atoms with van der Waals surface area (Å²) < 4.78 is 0.664. The van der Waals surface area contributed by atoms with Crippen molar-refractivity contribution in [2.45, 2.75) is 6.54 Å². The van der Waals surface area contributed by atoms with E-state index in [0.29, 0.717) is 3.57 Å². The van der Waals surface area contributed by atoms with Crippen LogP contribution in [0.3, 0.4) is 0 Å². The first-order valence-corrected chi connectivity index (χ1v) is 6.00. The Morgan fingerprint density at radius 3 is 2.69 bits per heavy atom. The van der Waals surface area contributed by atoms with Crippen LogP contribution in [0.5, 0.6) is 0 Å². The second-order valence-corrected chi connectivity index (χ2v) is 4.46. The van der Waals surface area contributed by atoms with Crippen LogP contribution in [0.4, 0.5) is 0 Å². The summed E-state index contributed by atoms with van der Waals surface area (Å²) in [4.78, 5) is 21.8. The molecule has 0 aliphatic heterocycles. The first kappa shape index (κ1) is 13.2. The van der Waals surface area contributed by atoms with Crippen LogP contribution >= 0.6 is 34.2 Å². The van der Waals surface area contributed by atoms with E-state index in [1.165, 1.54) is 0 Å². The van der Waals surface area contributed by atoms with Crippen LogP contribution in [0.2, 0.25) is 0 Å². The van der Waals surface area contributed by atoms with Gasteiger partial charge in [0.25, 0.3) is 0 Å². The predicted molar refractivity (Wildman–Crippen MR) is 68.7 cm³/mol. The highest BCUT2D eigenvalue weighted by molar-refractivity contribution is 14.1. The number of alkyl halides is 1. The Morgan fingerprint density at radius 1 is 1.44 bits per heavy atom. The van der Waals surface area contributed by atoms with Crippen molar-refractivity contribution in [1.82, 2.24) is 5.32 Å². The lowest BCUT2D eigenvalue weighted by atomic mass is 10.1. The molecule has 0 saturated heterocycles. The molecule has 1 aromatic carbocycles. The molecule has 0 aliphatic rings. The summed E-state index contributed by atoms with van der Waals surface area (Å²) in [6, 6.07) is 5.01. The van der Waals surface area contributed by atoms with Crippen LogP contribution in [0.1, 0.15) is 15.9 Å². The summed E-state index contributed by atoms with van der Waals surface area (Å²) in [5.74, 6) is -1.36. The van der Waals surface area contributed by atoms with E-state index in [9.17, 15) is 9.59 Å². The number of hydrogen-bond donors (Lipinski definition) is 2. The van der Waals surface area contributed by atoms with Crippen LogP contribution in [-0.2, 0) is 11.3 Å². The molecule has 0 radical (unpaired) electrons. The molecule has 16 heavy (non-hydrogen) atoms. The second-order valence-electron chi connectivity index (χ2n) is 3.03. The minimum Gasteiger partial charge on any atom is -0.478 e. The van der Waals surface area contributed by atoms with E-state index in [-0.39, 0.29) is 23.9 Å². The molecule has 0 aliphatic carbocycles. The number of carbonyl (C=O) groups is 2. The molecule has 1 rings (SSSR count). The third kappa shape index (κ3) is 3.64. The molecule has 1 aromatic rings. The van der Waals surface area contributed by atoms with E-state index in [1.807, 2.05) is 22.6 Å². The molecule has 0 bridgehead atoms. The monoisotopic (exact) mass is 353 g/mol. The molecule has 0 unspecified atom stereocenters. The zero-order valence-electron chi connectivity index (χ0n) is 8.17. The fraction of sp³-hybridized carbons (Fsp3) is 0.200.